The number of aromatic amines is 1. The molecule has 4 rings (SSSR count). The number of hydrogen-bond acceptors (Lipinski definition) is 5. The van der Waals surface area contributed by atoms with Gasteiger partial charge < -0.3 is 4.74 Å². The van der Waals surface area contributed by atoms with Gasteiger partial charge in [0.1, 0.15) is 12.4 Å². The largest absolute Gasteiger partial charge is 0.487 e. The second-order valence-corrected chi connectivity index (χ2v) is 8.10. The van der Waals surface area contributed by atoms with E-state index in [4.69, 9.17) is 4.74 Å². The summed E-state index contributed by atoms with van der Waals surface area (Å²) < 4.78 is 5.93. The Balaban J connectivity index is 1.32. The van der Waals surface area contributed by atoms with Crippen LogP contribution in [0.5, 0.6) is 5.75 Å². The van der Waals surface area contributed by atoms with E-state index in [9.17, 15) is 0 Å². The van der Waals surface area contributed by atoms with Crippen molar-refractivity contribution in [1.82, 2.24) is 25.6 Å². The summed E-state index contributed by atoms with van der Waals surface area (Å²) in [7, 11) is 0. The molecule has 0 bridgehead atoms. The Hall–Kier alpha value is -3.28. The lowest BCUT2D eigenvalue weighted by Gasteiger charge is -2.24. The average Bonchev–Trinajstić information content (AvgIpc) is 3.25. The number of aryl methyl sites for hydroxylation is 1. The molecule has 0 aliphatic carbocycles. The molecule has 0 aliphatic heterocycles. The van der Waals surface area contributed by atoms with Crippen molar-refractivity contribution in [2.45, 2.75) is 39.7 Å². The Morgan fingerprint density at radius 1 is 0.966 bits per heavy atom. The number of nitrogens with zero attached hydrogens (tertiary/aromatic N) is 4. The molecule has 1 N–H and O–H groups in total. The SMILES string of the molecule is CC(C)(CCc1nn[nH]n1)Cc1ccc(OCc2ccc3ccccc3n2)cc1. The number of rotatable bonds is 8. The Labute approximate surface area is 170 Å². The minimum Gasteiger partial charge on any atom is -0.487 e. The smallest absolute Gasteiger partial charge is 0.174 e. The summed E-state index contributed by atoms with van der Waals surface area (Å²) in [4.78, 5) is 4.66. The van der Waals surface area contributed by atoms with E-state index >= 15 is 0 Å². The van der Waals surface area contributed by atoms with E-state index in [1.54, 1.807) is 0 Å². The molecule has 29 heavy (non-hydrogen) atoms. The van der Waals surface area contributed by atoms with E-state index in [2.05, 4.69) is 63.7 Å². The molecule has 0 atom stereocenters. The van der Waals surface area contributed by atoms with Crippen molar-refractivity contribution in [2.75, 3.05) is 0 Å². The molecule has 0 radical (unpaired) electrons. The number of ether oxygens (including phenoxy) is 1. The Morgan fingerprint density at radius 3 is 2.59 bits per heavy atom. The van der Waals surface area contributed by atoms with E-state index in [0.717, 1.165) is 47.4 Å². The number of benzene rings is 2. The van der Waals surface area contributed by atoms with E-state index in [0.29, 0.717) is 6.61 Å². The molecule has 148 valence electrons. The van der Waals surface area contributed by atoms with Crippen LogP contribution in [-0.4, -0.2) is 25.6 Å². The molecular formula is C23H25N5O. The second kappa shape index (κ2) is 8.39. The van der Waals surface area contributed by atoms with E-state index in [1.165, 1.54) is 5.56 Å². The lowest BCUT2D eigenvalue weighted by Crippen LogP contribution is -2.16. The molecule has 0 amide bonds. The van der Waals surface area contributed by atoms with Crippen molar-refractivity contribution in [3.05, 3.63) is 77.7 Å². The van der Waals surface area contributed by atoms with Gasteiger partial charge in [0.25, 0.3) is 0 Å². The molecule has 2 heterocycles. The molecule has 0 fully saturated rings. The number of aromatic nitrogens is 5. The summed E-state index contributed by atoms with van der Waals surface area (Å²) >= 11 is 0. The summed E-state index contributed by atoms with van der Waals surface area (Å²) in [5.41, 5.74) is 3.36. The third-order valence-electron chi connectivity index (χ3n) is 5.06. The first kappa shape index (κ1) is 19.1. The molecule has 2 aromatic heterocycles. The molecule has 2 aromatic carbocycles. The lowest BCUT2D eigenvalue weighted by atomic mass is 9.81. The minimum absolute atomic E-state index is 0.151. The van der Waals surface area contributed by atoms with Crippen molar-refractivity contribution >= 4 is 10.9 Å². The van der Waals surface area contributed by atoms with Gasteiger partial charge >= 0.3 is 0 Å². The van der Waals surface area contributed by atoms with Crippen molar-refractivity contribution in [1.29, 1.82) is 0 Å². The summed E-state index contributed by atoms with van der Waals surface area (Å²) in [6.45, 7) is 4.99. The van der Waals surface area contributed by atoms with E-state index < -0.39 is 0 Å². The van der Waals surface area contributed by atoms with Gasteiger partial charge in [0.15, 0.2) is 5.82 Å². The minimum atomic E-state index is 0.151. The number of hydrogen-bond donors (Lipinski definition) is 1. The van der Waals surface area contributed by atoms with Gasteiger partial charge in [0.05, 0.1) is 11.2 Å². The maximum Gasteiger partial charge on any atom is 0.174 e. The normalized spacial score (nSPS) is 11.7. The topological polar surface area (TPSA) is 76.6 Å². The summed E-state index contributed by atoms with van der Waals surface area (Å²) in [5.74, 6) is 1.62. The van der Waals surface area contributed by atoms with Crippen molar-refractivity contribution in [3.63, 3.8) is 0 Å². The van der Waals surface area contributed by atoms with Gasteiger partial charge in [0, 0.05) is 11.8 Å². The average molecular weight is 387 g/mol. The van der Waals surface area contributed by atoms with Crippen molar-refractivity contribution in [2.24, 2.45) is 5.41 Å². The number of nitrogens with one attached hydrogen (secondary N) is 1. The summed E-state index contributed by atoms with van der Waals surface area (Å²) in [5, 5.41) is 15.3. The lowest BCUT2D eigenvalue weighted by molar-refractivity contribution is 0.301. The number of fused-ring (bicyclic) bond motifs is 1. The van der Waals surface area contributed by atoms with Crippen molar-refractivity contribution < 1.29 is 4.74 Å². The zero-order valence-corrected chi connectivity index (χ0v) is 16.8. The van der Waals surface area contributed by atoms with Crippen LogP contribution in [0.4, 0.5) is 0 Å². The highest BCUT2D eigenvalue weighted by molar-refractivity contribution is 5.78. The molecular weight excluding hydrogens is 362 g/mol. The first-order valence-corrected chi connectivity index (χ1v) is 9.86. The third-order valence-corrected chi connectivity index (χ3v) is 5.06. The zero-order chi connectivity index (χ0) is 20.1. The Morgan fingerprint density at radius 2 is 1.79 bits per heavy atom. The number of para-hydroxylation sites is 1. The van der Waals surface area contributed by atoms with Crippen LogP contribution >= 0.6 is 0 Å². The third kappa shape index (κ3) is 5.16. The molecule has 0 saturated heterocycles. The number of tetrazole rings is 1. The highest BCUT2D eigenvalue weighted by Gasteiger charge is 2.19. The quantitative estimate of drug-likeness (QED) is 0.481. The Kier molecular flexibility index (Phi) is 5.51. The maximum atomic E-state index is 5.93. The van der Waals surface area contributed by atoms with Crippen LogP contribution in [0, 0.1) is 5.41 Å². The zero-order valence-electron chi connectivity index (χ0n) is 16.8. The molecule has 0 unspecified atom stereocenters. The predicted octanol–water partition coefficient (Wildman–Crippen LogP) is 4.53. The Bertz CT molecular complexity index is 1060. The maximum absolute atomic E-state index is 5.93. The first-order chi connectivity index (χ1) is 14.1. The molecule has 4 aromatic rings. The number of H-pyrrole nitrogens is 1. The number of pyridine rings is 1. The van der Waals surface area contributed by atoms with E-state index in [1.807, 2.05) is 36.4 Å². The van der Waals surface area contributed by atoms with Crippen LogP contribution in [0.1, 0.15) is 37.4 Å². The van der Waals surface area contributed by atoms with Gasteiger partial charge in [-0.05, 0) is 48.1 Å². The van der Waals surface area contributed by atoms with Gasteiger partial charge in [-0.2, -0.15) is 5.21 Å². The summed E-state index contributed by atoms with van der Waals surface area (Å²) in [6.07, 6.45) is 2.80. The van der Waals surface area contributed by atoms with E-state index in [-0.39, 0.29) is 5.41 Å². The molecule has 6 heteroatoms. The molecule has 0 aliphatic rings. The van der Waals surface area contributed by atoms with Crippen LogP contribution in [0.3, 0.4) is 0 Å². The van der Waals surface area contributed by atoms with Crippen LogP contribution in [0.25, 0.3) is 10.9 Å². The van der Waals surface area contributed by atoms with Gasteiger partial charge in [-0.15, -0.1) is 10.2 Å². The molecule has 6 nitrogen and oxygen atoms in total. The van der Waals surface area contributed by atoms with Crippen LogP contribution < -0.4 is 4.74 Å². The molecule has 0 saturated carbocycles. The fourth-order valence-electron chi connectivity index (χ4n) is 3.43. The molecule has 0 spiro atoms. The van der Waals surface area contributed by atoms with Crippen LogP contribution in [0.2, 0.25) is 0 Å². The van der Waals surface area contributed by atoms with Gasteiger partial charge in [-0.3, -0.25) is 0 Å². The highest BCUT2D eigenvalue weighted by Crippen LogP contribution is 2.28. The monoisotopic (exact) mass is 387 g/mol. The van der Waals surface area contributed by atoms with Gasteiger partial charge in [0.2, 0.25) is 0 Å². The second-order valence-electron chi connectivity index (χ2n) is 8.10. The summed E-state index contributed by atoms with van der Waals surface area (Å²) in [6, 6.07) is 20.6. The van der Waals surface area contributed by atoms with Crippen molar-refractivity contribution in [3.8, 4) is 5.75 Å². The highest BCUT2D eigenvalue weighted by atomic mass is 16.5. The van der Waals surface area contributed by atoms with Crippen LogP contribution in [-0.2, 0) is 19.4 Å². The van der Waals surface area contributed by atoms with Gasteiger partial charge in [-0.25, -0.2) is 4.98 Å². The van der Waals surface area contributed by atoms with Gasteiger partial charge in [-0.1, -0.05) is 55.5 Å². The fourth-order valence-corrected chi connectivity index (χ4v) is 3.43. The first-order valence-electron chi connectivity index (χ1n) is 9.86. The van der Waals surface area contributed by atoms with Crippen LogP contribution in [0.15, 0.2) is 60.7 Å². The predicted molar refractivity (Wildman–Crippen MR) is 113 cm³/mol. The standard InChI is InChI=1S/C23H25N5O/c1-23(2,14-13-22-25-27-28-26-22)15-17-7-11-20(12-8-17)29-16-19-10-9-18-5-3-4-6-21(18)24-19/h3-12H,13-16H2,1-2H3,(H,25,26,27,28). The fraction of sp³-hybridized carbons (Fsp3) is 0.304.